The molecular formula is C34H58N2O7. The van der Waals surface area contributed by atoms with Crippen LogP contribution in [-0.4, -0.2) is 59.3 Å². The number of rotatable bonds is 28. The van der Waals surface area contributed by atoms with Crippen molar-refractivity contribution in [3.63, 3.8) is 0 Å². The van der Waals surface area contributed by atoms with Crippen LogP contribution in [-0.2, 0) is 23.9 Å². The summed E-state index contributed by atoms with van der Waals surface area (Å²) in [5.74, 6) is -2.43. The van der Waals surface area contributed by atoms with E-state index >= 15 is 0 Å². The summed E-state index contributed by atoms with van der Waals surface area (Å²) in [4.78, 5) is 47.1. The number of esters is 1. The zero-order chi connectivity index (χ0) is 32.0. The number of hydrogen-bond acceptors (Lipinski definition) is 6. The molecule has 0 spiro atoms. The van der Waals surface area contributed by atoms with Crippen LogP contribution in [0.5, 0.6) is 0 Å². The Labute approximate surface area is 259 Å². The smallest absolute Gasteiger partial charge is 0.328 e. The van der Waals surface area contributed by atoms with Gasteiger partial charge >= 0.3 is 11.9 Å². The first-order valence-corrected chi connectivity index (χ1v) is 16.4. The van der Waals surface area contributed by atoms with Gasteiger partial charge in [-0.25, -0.2) is 4.79 Å². The maximum Gasteiger partial charge on any atom is 0.328 e. The molecule has 246 valence electrons. The standard InChI is InChI=1S/C34H58N2O7/c1-3-5-7-9-10-11-12-13-14-15-16-17-22-26-33(40)43-29(23-19-8-6-4-2)24-20-18-21-25-31(38)35-27-32(39)36-30(28-37)34(41)42/h5,7,10-11,13-14,29-30,37H,3-4,6,8-9,12,15-28H2,1-2H3,(H,35,38)(H,36,39)(H,41,42)/b7-5-,11-10-,14-13-. The Balaban J connectivity index is 4.18. The first-order valence-electron chi connectivity index (χ1n) is 16.4. The molecular weight excluding hydrogens is 548 g/mol. The molecule has 2 atom stereocenters. The van der Waals surface area contributed by atoms with Crippen LogP contribution in [0.4, 0.5) is 0 Å². The third-order valence-electron chi connectivity index (χ3n) is 6.90. The van der Waals surface area contributed by atoms with E-state index in [1.807, 2.05) is 0 Å². The van der Waals surface area contributed by atoms with E-state index in [4.69, 9.17) is 14.9 Å². The maximum absolute atomic E-state index is 12.5. The highest BCUT2D eigenvalue weighted by Crippen LogP contribution is 2.17. The van der Waals surface area contributed by atoms with Crippen LogP contribution in [0.1, 0.15) is 129 Å². The molecule has 4 N–H and O–H groups in total. The Morgan fingerprint density at radius 3 is 1.95 bits per heavy atom. The van der Waals surface area contributed by atoms with E-state index < -0.39 is 24.5 Å². The number of carbonyl (C=O) groups excluding carboxylic acids is 3. The summed E-state index contributed by atoms with van der Waals surface area (Å²) in [6.45, 7) is 3.24. The second-order valence-corrected chi connectivity index (χ2v) is 10.9. The molecule has 9 nitrogen and oxygen atoms in total. The zero-order valence-electron chi connectivity index (χ0n) is 26.7. The van der Waals surface area contributed by atoms with Crippen molar-refractivity contribution in [2.24, 2.45) is 0 Å². The third kappa shape index (κ3) is 26.4. The molecule has 0 saturated carbocycles. The SMILES string of the molecule is CC/C=C\C/C=C\C/C=C\CCCCCC(=O)OC(CCCCCC)CCCCCC(=O)NCC(=O)NC(CO)C(=O)O. The molecule has 0 aliphatic rings. The lowest BCUT2D eigenvalue weighted by atomic mass is 10.0. The van der Waals surface area contributed by atoms with Crippen molar-refractivity contribution in [3.8, 4) is 0 Å². The molecule has 9 heteroatoms. The largest absolute Gasteiger partial charge is 0.480 e. The number of nitrogens with one attached hydrogen (secondary N) is 2. The molecule has 0 aliphatic carbocycles. The summed E-state index contributed by atoms with van der Waals surface area (Å²) in [5.41, 5.74) is 0. The van der Waals surface area contributed by atoms with Gasteiger partial charge in [-0.15, -0.1) is 0 Å². The van der Waals surface area contributed by atoms with Crippen molar-refractivity contribution < 1.29 is 34.1 Å². The molecule has 0 aromatic rings. The molecule has 0 fully saturated rings. The van der Waals surface area contributed by atoms with Crippen LogP contribution in [0.25, 0.3) is 0 Å². The fraction of sp³-hybridized carbons (Fsp3) is 0.706. The molecule has 0 radical (unpaired) electrons. The number of aliphatic carboxylic acids is 1. The van der Waals surface area contributed by atoms with Gasteiger partial charge in [0.25, 0.3) is 0 Å². The van der Waals surface area contributed by atoms with Crippen LogP contribution in [0, 0.1) is 0 Å². The molecule has 2 unspecified atom stereocenters. The van der Waals surface area contributed by atoms with Gasteiger partial charge in [-0.3, -0.25) is 14.4 Å². The van der Waals surface area contributed by atoms with E-state index in [2.05, 4.69) is 60.9 Å². The number of carbonyl (C=O) groups is 4. The molecule has 43 heavy (non-hydrogen) atoms. The van der Waals surface area contributed by atoms with Crippen LogP contribution < -0.4 is 10.6 Å². The van der Waals surface area contributed by atoms with Gasteiger partial charge in [0.2, 0.25) is 11.8 Å². The van der Waals surface area contributed by atoms with Crippen molar-refractivity contribution in [3.05, 3.63) is 36.5 Å². The Bertz CT molecular complexity index is 839. The van der Waals surface area contributed by atoms with Gasteiger partial charge in [-0.2, -0.15) is 0 Å². The molecule has 0 rings (SSSR count). The highest BCUT2D eigenvalue weighted by atomic mass is 16.5. The van der Waals surface area contributed by atoms with Crippen molar-refractivity contribution in [2.45, 2.75) is 142 Å². The highest BCUT2D eigenvalue weighted by molar-refractivity contribution is 5.87. The first kappa shape index (κ1) is 40.1. The quantitative estimate of drug-likeness (QED) is 0.0465. The van der Waals surface area contributed by atoms with Crippen molar-refractivity contribution in [2.75, 3.05) is 13.2 Å². The first-order chi connectivity index (χ1) is 20.8. The predicted octanol–water partition coefficient (Wildman–Crippen LogP) is 6.31. The minimum Gasteiger partial charge on any atom is -0.480 e. The Morgan fingerprint density at radius 2 is 1.33 bits per heavy atom. The van der Waals surface area contributed by atoms with Gasteiger partial charge in [0.1, 0.15) is 12.1 Å². The minimum absolute atomic E-state index is 0.0935. The molecule has 0 aromatic heterocycles. The number of aliphatic hydroxyl groups excluding tert-OH is 1. The van der Waals surface area contributed by atoms with Crippen LogP contribution >= 0.6 is 0 Å². The van der Waals surface area contributed by atoms with Gasteiger partial charge in [0, 0.05) is 12.8 Å². The van der Waals surface area contributed by atoms with E-state index in [1.54, 1.807) is 0 Å². The number of ether oxygens (including phenoxy) is 1. The number of aliphatic hydroxyl groups is 1. The van der Waals surface area contributed by atoms with Gasteiger partial charge in [-0.05, 0) is 70.6 Å². The number of carboxylic acids is 1. The number of allylic oxidation sites excluding steroid dienone is 6. The average Bonchev–Trinajstić information content (AvgIpc) is 2.98. The Kier molecular flexibility index (Phi) is 27.2. The number of amides is 2. The van der Waals surface area contributed by atoms with Crippen LogP contribution in [0.2, 0.25) is 0 Å². The second-order valence-electron chi connectivity index (χ2n) is 10.9. The summed E-state index contributed by atoms with van der Waals surface area (Å²) in [5, 5.41) is 22.4. The summed E-state index contributed by atoms with van der Waals surface area (Å²) in [7, 11) is 0. The fourth-order valence-electron chi connectivity index (χ4n) is 4.37. The van der Waals surface area contributed by atoms with Crippen molar-refractivity contribution in [1.82, 2.24) is 10.6 Å². The lowest BCUT2D eigenvalue weighted by Gasteiger charge is -2.18. The zero-order valence-corrected chi connectivity index (χ0v) is 26.7. The van der Waals surface area contributed by atoms with Crippen molar-refractivity contribution >= 4 is 23.8 Å². The molecule has 0 aromatic carbocycles. The molecule has 0 heterocycles. The van der Waals surface area contributed by atoms with Gasteiger partial charge < -0.3 is 25.6 Å². The Morgan fingerprint density at radius 1 is 0.721 bits per heavy atom. The lowest BCUT2D eigenvalue weighted by Crippen LogP contribution is -2.47. The molecule has 2 amide bonds. The summed E-state index contributed by atoms with van der Waals surface area (Å²) >= 11 is 0. The maximum atomic E-state index is 12.5. The third-order valence-corrected chi connectivity index (χ3v) is 6.90. The second kappa shape index (κ2) is 29.1. The Hall–Kier alpha value is -2.94. The van der Waals surface area contributed by atoms with Gasteiger partial charge in [-0.1, -0.05) is 82.4 Å². The van der Waals surface area contributed by atoms with Gasteiger partial charge in [0.05, 0.1) is 13.2 Å². The summed E-state index contributed by atoms with van der Waals surface area (Å²) in [6.07, 6.45) is 29.1. The van der Waals surface area contributed by atoms with E-state index in [-0.39, 0.29) is 30.9 Å². The minimum atomic E-state index is -1.39. The lowest BCUT2D eigenvalue weighted by molar-refractivity contribution is -0.150. The van der Waals surface area contributed by atoms with E-state index in [1.165, 1.54) is 6.42 Å². The average molecular weight is 607 g/mol. The fourth-order valence-corrected chi connectivity index (χ4v) is 4.37. The highest BCUT2D eigenvalue weighted by Gasteiger charge is 2.19. The van der Waals surface area contributed by atoms with Crippen molar-refractivity contribution in [1.29, 1.82) is 0 Å². The predicted molar refractivity (Wildman–Crippen MR) is 171 cm³/mol. The van der Waals surface area contributed by atoms with E-state index in [0.29, 0.717) is 12.8 Å². The number of unbranched alkanes of at least 4 members (excludes halogenated alkanes) is 8. The number of carboxylic acid groups (broad SMARTS) is 1. The van der Waals surface area contributed by atoms with E-state index in [0.717, 1.165) is 89.9 Å². The number of hydrogen-bond donors (Lipinski definition) is 4. The molecule has 0 aliphatic heterocycles. The molecule has 0 saturated heterocycles. The van der Waals surface area contributed by atoms with Gasteiger partial charge in [0.15, 0.2) is 0 Å². The van der Waals surface area contributed by atoms with E-state index in [9.17, 15) is 19.2 Å². The van der Waals surface area contributed by atoms with Crippen LogP contribution in [0.3, 0.4) is 0 Å². The normalized spacial score (nSPS) is 13.0. The summed E-state index contributed by atoms with van der Waals surface area (Å²) < 4.78 is 5.84. The summed E-state index contributed by atoms with van der Waals surface area (Å²) in [6, 6.07) is -1.39. The monoisotopic (exact) mass is 606 g/mol. The topological polar surface area (TPSA) is 142 Å². The van der Waals surface area contributed by atoms with Crippen LogP contribution in [0.15, 0.2) is 36.5 Å². The molecule has 0 bridgehead atoms.